The normalized spacial score (nSPS) is 21.1. The Morgan fingerprint density at radius 3 is 2.62 bits per heavy atom. The zero-order valence-corrected chi connectivity index (χ0v) is 13.9. The molecule has 0 saturated carbocycles. The molecule has 2 rings (SSSR count). The lowest BCUT2D eigenvalue weighted by molar-refractivity contribution is 0.246. The molecule has 5 nitrogen and oxygen atoms in total. The van der Waals surface area contributed by atoms with Crippen LogP contribution in [0.25, 0.3) is 0 Å². The molecule has 0 bridgehead atoms. The summed E-state index contributed by atoms with van der Waals surface area (Å²) in [5, 5.41) is 9.43. The number of aromatic nitrogens is 1. The number of hydrogen-bond donors (Lipinski definition) is 1. The molecular weight excluding hydrogens is 288 g/mol. The van der Waals surface area contributed by atoms with Crippen LogP contribution < -0.4 is 0 Å². The molecule has 21 heavy (non-hydrogen) atoms. The van der Waals surface area contributed by atoms with Gasteiger partial charge in [-0.3, -0.25) is 0 Å². The van der Waals surface area contributed by atoms with Gasteiger partial charge in [-0.05, 0) is 39.2 Å². The molecule has 120 valence electrons. The van der Waals surface area contributed by atoms with Crippen molar-refractivity contribution >= 4 is 10.0 Å². The summed E-state index contributed by atoms with van der Waals surface area (Å²) in [5.74, 6) is 0. The van der Waals surface area contributed by atoms with Gasteiger partial charge in [-0.2, -0.15) is 4.31 Å². The Morgan fingerprint density at radius 1 is 1.38 bits per heavy atom. The van der Waals surface area contributed by atoms with Gasteiger partial charge in [0, 0.05) is 30.5 Å². The highest BCUT2D eigenvalue weighted by Gasteiger charge is 2.33. The first-order valence-electron chi connectivity index (χ1n) is 7.75. The van der Waals surface area contributed by atoms with Gasteiger partial charge in [-0.1, -0.05) is 13.3 Å². The number of hydrogen-bond acceptors (Lipinski definition) is 3. The van der Waals surface area contributed by atoms with Crippen molar-refractivity contribution in [1.29, 1.82) is 0 Å². The highest BCUT2D eigenvalue weighted by Crippen LogP contribution is 2.28. The van der Waals surface area contributed by atoms with Crippen LogP contribution in [0.4, 0.5) is 0 Å². The van der Waals surface area contributed by atoms with Crippen LogP contribution >= 0.6 is 0 Å². The Balaban J connectivity index is 2.39. The van der Waals surface area contributed by atoms with Gasteiger partial charge in [0.2, 0.25) is 10.0 Å². The van der Waals surface area contributed by atoms with Crippen LogP contribution in [0.2, 0.25) is 0 Å². The van der Waals surface area contributed by atoms with Crippen LogP contribution in [-0.2, 0) is 16.6 Å². The van der Waals surface area contributed by atoms with E-state index in [1.165, 1.54) is 0 Å². The van der Waals surface area contributed by atoms with Crippen molar-refractivity contribution in [1.82, 2.24) is 8.87 Å². The summed E-state index contributed by atoms with van der Waals surface area (Å²) in [5.41, 5.74) is 0.647. The molecule has 1 saturated heterocycles. The van der Waals surface area contributed by atoms with E-state index in [0.29, 0.717) is 17.1 Å². The van der Waals surface area contributed by atoms with Crippen LogP contribution in [0.1, 0.15) is 58.2 Å². The first-order valence-corrected chi connectivity index (χ1v) is 9.19. The van der Waals surface area contributed by atoms with Crippen LogP contribution in [0, 0.1) is 0 Å². The van der Waals surface area contributed by atoms with Crippen molar-refractivity contribution in [3.05, 3.63) is 18.0 Å². The number of aliphatic hydroxyl groups excluding tert-OH is 1. The second kappa shape index (κ2) is 6.50. The van der Waals surface area contributed by atoms with E-state index >= 15 is 0 Å². The van der Waals surface area contributed by atoms with Crippen molar-refractivity contribution in [2.75, 3.05) is 6.54 Å². The molecule has 0 spiro atoms. The quantitative estimate of drug-likeness (QED) is 0.908. The summed E-state index contributed by atoms with van der Waals surface area (Å²) < 4.78 is 29.3. The Morgan fingerprint density at radius 2 is 2.10 bits per heavy atom. The molecule has 2 heterocycles. The minimum absolute atomic E-state index is 0.101. The fraction of sp³-hybridized carbons (Fsp3) is 0.733. The van der Waals surface area contributed by atoms with Crippen molar-refractivity contribution < 1.29 is 13.5 Å². The van der Waals surface area contributed by atoms with Gasteiger partial charge in [0.25, 0.3) is 0 Å². The summed E-state index contributed by atoms with van der Waals surface area (Å²) in [6.45, 7) is 6.45. The first-order chi connectivity index (χ1) is 9.91. The van der Waals surface area contributed by atoms with Gasteiger partial charge in [0.15, 0.2) is 0 Å². The van der Waals surface area contributed by atoms with E-state index in [9.17, 15) is 13.5 Å². The molecule has 1 N–H and O–H groups in total. The van der Waals surface area contributed by atoms with Crippen molar-refractivity contribution in [3.8, 4) is 0 Å². The summed E-state index contributed by atoms with van der Waals surface area (Å²) in [6.07, 6.45) is 5.46. The maximum Gasteiger partial charge on any atom is 0.244 e. The predicted octanol–water partition coefficient (Wildman–Crippen LogP) is 2.51. The summed E-state index contributed by atoms with van der Waals surface area (Å²) in [7, 11) is -3.47. The van der Waals surface area contributed by atoms with Gasteiger partial charge in [-0.15, -0.1) is 0 Å². The van der Waals surface area contributed by atoms with Crippen LogP contribution in [-0.4, -0.2) is 35.0 Å². The maximum atomic E-state index is 12.9. The molecule has 0 radical (unpaired) electrons. The highest BCUT2D eigenvalue weighted by molar-refractivity contribution is 7.89. The summed E-state index contributed by atoms with van der Waals surface area (Å²) in [6, 6.07) is 1.83. The van der Waals surface area contributed by atoms with Crippen LogP contribution in [0.3, 0.4) is 0 Å². The first kappa shape index (κ1) is 16.5. The number of piperidine rings is 1. The topological polar surface area (TPSA) is 62.5 Å². The lowest BCUT2D eigenvalue weighted by Crippen LogP contribution is -2.43. The second-order valence-electron chi connectivity index (χ2n) is 6.00. The SMILES string of the molecule is CCC1CCCCN1S(=O)(=O)c1cc(CO)n(C(C)C)c1. The molecule has 0 aromatic carbocycles. The predicted molar refractivity (Wildman–Crippen MR) is 82.6 cm³/mol. The van der Waals surface area contributed by atoms with E-state index in [1.807, 2.05) is 25.3 Å². The van der Waals surface area contributed by atoms with Crippen LogP contribution in [0.5, 0.6) is 0 Å². The molecule has 1 unspecified atom stereocenters. The molecule has 1 aromatic heterocycles. The Labute approximate surface area is 127 Å². The number of sulfonamides is 1. The van der Waals surface area contributed by atoms with E-state index in [2.05, 4.69) is 0 Å². The van der Waals surface area contributed by atoms with E-state index in [0.717, 1.165) is 25.7 Å². The third-order valence-electron chi connectivity index (χ3n) is 4.28. The van der Waals surface area contributed by atoms with Crippen LogP contribution in [0.15, 0.2) is 17.2 Å². The molecule has 1 aromatic rings. The molecule has 1 aliphatic heterocycles. The van der Waals surface area contributed by atoms with Crippen molar-refractivity contribution in [2.45, 2.75) is 70.0 Å². The largest absolute Gasteiger partial charge is 0.390 e. The standard InChI is InChI=1S/C15H26N2O3S/c1-4-13-7-5-6-8-17(13)21(19,20)15-9-14(11-18)16(10-15)12(2)3/h9-10,12-13,18H,4-8,11H2,1-3H3. The zero-order chi connectivity index (χ0) is 15.6. The maximum absolute atomic E-state index is 12.9. The van der Waals surface area contributed by atoms with Gasteiger partial charge in [0.05, 0.1) is 6.61 Å². The molecule has 6 heteroatoms. The molecule has 0 aliphatic carbocycles. The van der Waals surface area contributed by atoms with Crippen molar-refractivity contribution in [2.24, 2.45) is 0 Å². The fourth-order valence-electron chi connectivity index (χ4n) is 3.08. The third-order valence-corrected chi connectivity index (χ3v) is 6.19. The van der Waals surface area contributed by atoms with Gasteiger partial charge >= 0.3 is 0 Å². The van der Waals surface area contributed by atoms with E-state index < -0.39 is 10.0 Å². The molecule has 1 atom stereocenters. The van der Waals surface area contributed by atoms with E-state index in [4.69, 9.17) is 0 Å². The average Bonchev–Trinajstić information content (AvgIpc) is 2.92. The Bertz CT molecular complexity index is 578. The molecule has 0 amide bonds. The van der Waals surface area contributed by atoms with E-state index in [1.54, 1.807) is 16.6 Å². The second-order valence-corrected chi connectivity index (χ2v) is 7.89. The van der Waals surface area contributed by atoms with Gasteiger partial charge in [0.1, 0.15) is 4.90 Å². The van der Waals surface area contributed by atoms with Crippen molar-refractivity contribution in [3.63, 3.8) is 0 Å². The van der Waals surface area contributed by atoms with E-state index in [-0.39, 0.29) is 18.7 Å². The summed E-state index contributed by atoms with van der Waals surface area (Å²) in [4.78, 5) is 0.306. The lowest BCUT2D eigenvalue weighted by atomic mass is 10.0. The Kier molecular flexibility index (Phi) is 5.11. The average molecular weight is 314 g/mol. The van der Waals surface area contributed by atoms with Gasteiger partial charge < -0.3 is 9.67 Å². The number of rotatable bonds is 5. The lowest BCUT2D eigenvalue weighted by Gasteiger charge is -2.33. The molecule has 1 fully saturated rings. The zero-order valence-electron chi connectivity index (χ0n) is 13.1. The monoisotopic (exact) mass is 314 g/mol. The highest BCUT2D eigenvalue weighted by atomic mass is 32.2. The smallest absolute Gasteiger partial charge is 0.244 e. The summed E-state index contributed by atoms with van der Waals surface area (Å²) >= 11 is 0. The number of nitrogens with zero attached hydrogens (tertiary/aromatic N) is 2. The van der Waals surface area contributed by atoms with Gasteiger partial charge in [-0.25, -0.2) is 8.42 Å². The fourth-order valence-corrected chi connectivity index (χ4v) is 4.90. The number of aliphatic hydroxyl groups is 1. The molecular formula is C15H26N2O3S. The minimum atomic E-state index is -3.47. The molecule has 1 aliphatic rings. The minimum Gasteiger partial charge on any atom is -0.390 e. The Hall–Kier alpha value is -0.850. The third kappa shape index (κ3) is 3.17.